The van der Waals surface area contributed by atoms with Crippen LogP contribution in [0.4, 0.5) is 0 Å². The summed E-state index contributed by atoms with van der Waals surface area (Å²) in [5.74, 6) is 0.0207. The van der Waals surface area contributed by atoms with Crippen molar-refractivity contribution in [3.63, 3.8) is 0 Å². The highest BCUT2D eigenvalue weighted by molar-refractivity contribution is 5.81. The number of nitrogens with one attached hydrogen (secondary N) is 1. The molecule has 0 aromatic heterocycles. The van der Waals surface area contributed by atoms with E-state index in [1.165, 1.54) is 0 Å². The Kier molecular flexibility index (Phi) is 5.60. The summed E-state index contributed by atoms with van der Waals surface area (Å²) in [6, 6.07) is 0.206. The Morgan fingerprint density at radius 2 is 2.11 bits per heavy atom. The van der Waals surface area contributed by atoms with E-state index in [9.17, 15) is 4.79 Å². The van der Waals surface area contributed by atoms with E-state index in [0.717, 1.165) is 25.7 Å². The lowest BCUT2D eigenvalue weighted by atomic mass is 9.89. The van der Waals surface area contributed by atoms with Crippen LogP contribution in [-0.2, 0) is 9.53 Å². The zero-order chi connectivity index (χ0) is 13.8. The fourth-order valence-electron chi connectivity index (χ4n) is 2.13. The van der Waals surface area contributed by atoms with Crippen LogP contribution in [0.2, 0.25) is 0 Å². The Labute approximate surface area is 111 Å². The number of amides is 1. The Hall–Kier alpha value is -0.610. The normalized spacial score (nSPS) is 26.1. The number of nitrogens with two attached hydrogens (primary N) is 1. The van der Waals surface area contributed by atoms with Crippen molar-refractivity contribution in [2.24, 2.45) is 11.1 Å². The number of rotatable bonds is 5. The second-order valence-electron chi connectivity index (χ2n) is 6.57. The predicted octanol–water partition coefficient (Wildman–Crippen LogP) is 1.82. The molecular weight excluding hydrogens is 228 g/mol. The lowest BCUT2D eigenvalue weighted by Gasteiger charge is -2.22. The molecule has 1 fully saturated rings. The Balaban J connectivity index is 2.27. The van der Waals surface area contributed by atoms with Crippen LogP contribution in [0.1, 0.15) is 53.4 Å². The van der Waals surface area contributed by atoms with Gasteiger partial charge in [0.1, 0.15) is 6.10 Å². The first kappa shape index (κ1) is 15.4. The summed E-state index contributed by atoms with van der Waals surface area (Å²) in [5, 5.41) is 3.03. The maximum atomic E-state index is 12.0. The molecule has 0 bridgehead atoms. The summed E-state index contributed by atoms with van der Waals surface area (Å²) in [6.45, 7) is 9.21. The van der Waals surface area contributed by atoms with Crippen LogP contribution in [0.25, 0.3) is 0 Å². The molecule has 1 unspecified atom stereocenters. The topological polar surface area (TPSA) is 64.4 Å². The summed E-state index contributed by atoms with van der Waals surface area (Å²) in [6.07, 6.45) is 3.56. The maximum absolute atomic E-state index is 12.0. The minimum Gasteiger partial charge on any atom is -0.364 e. The highest BCUT2D eigenvalue weighted by Gasteiger charge is 2.30. The first-order valence-electron chi connectivity index (χ1n) is 6.98. The van der Waals surface area contributed by atoms with Gasteiger partial charge in [-0.3, -0.25) is 4.79 Å². The van der Waals surface area contributed by atoms with E-state index in [4.69, 9.17) is 10.5 Å². The van der Waals surface area contributed by atoms with Crippen molar-refractivity contribution in [1.29, 1.82) is 0 Å². The molecule has 0 saturated carbocycles. The number of ether oxygens (including phenoxy) is 1. The van der Waals surface area contributed by atoms with E-state index < -0.39 is 0 Å². The molecule has 1 aliphatic rings. The van der Waals surface area contributed by atoms with E-state index in [-0.39, 0.29) is 24.2 Å². The number of hydrogen-bond donors (Lipinski definition) is 2. The predicted molar refractivity (Wildman–Crippen MR) is 73.2 cm³/mol. The summed E-state index contributed by atoms with van der Waals surface area (Å²) in [7, 11) is 0. The van der Waals surface area contributed by atoms with Gasteiger partial charge in [-0.15, -0.1) is 0 Å². The first-order chi connectivity index (χ1) is 8.31. The quantitative estimate of drug-likeness (QED) is 0.788. The molecule has 4 nitrogen and oxygen atoms in total. The Morgan fingerprint density at radius 3 is 2.61 bits per heavy atom. The van der Waals surface area contributed by atoms with Crippen molar-refractivity contribution in [3.8, 4) is 0 Å². The molecule has 18 heavy (non-hydrogen) atoms. The smallest absolute Gasteiger partial charge is 0.249 e. The van der Waals surface area contributed by atoms with Crippen molar-refractivity contribution in [2.75, 3.05) is 6.54 Å². The summed E-state index contributed by atoms with van der Waals surface area (Å²) in [5.41, 5.74) is 5.85. The van der Waals surface area contributed by atoms with Crippen molar-refractivity contribution in [1.82, 2.24) is 5.32 Å². The van der Waals surface area contributed by atoms with Crippen molar-refractivity contribution >= 4 is 5.91 Å². The fraction of sp³-hybridized carbons (Fsp3) is 0.929. The molecule has 3 atom stereocenters. The van der Waals surface area contributed by atoms with E-state index in [1.54, 1.807) is 0 Å². The number of carbonyl (C=O) groups is 1. The second kappa shape index (κ2) is 6.53. The first-order valence-corrected chi connectivity index (χ1v) is 6.98. The second-order valence-corrected chi connectivity index (χ2v) is 6.57. The van der Waals surface area contributed by atoms with Crippen LogP contribution in [0.3, 0.4) is 0 Å². The van der Waals surface area contributed by atoms with Crippen LogP contribution >= 0.6 is 0 Å². The third-order valence-corrected chi connectivity index (χ3v) is 3.38. The Morgan fingerprint density at radius 1 is 1.44 bits per heavy atom. The summed E-state index contributed by atoms with van der Waals surface area (Å²) < 4.78 is 5.58. The average molecular weight is 256 g/mol. The zero-order valence-corrected chi connectivity index (χ0v) is 12.2. The van der Waals surface area contributed by atoms with Crippen LogP contribution in [0, 0.1) is 5.41 Å². The monoisotopic (exact) mass is 256 g/mol. The van der Waals surface area contributed by atoms with Crippen LogP contribution < -0.4 is 11.1 Å². The molecule has 4 heteroatoms. The standard InChI is InChI=1S/C14H28N2O2/c1-10(7-8-14(2,3)4)16-13(17)12-6-5-11(9-15)18-12/h10-12H,5-9,15H2,1-4H3,(H,16,17)/t10?,11-,12+/m1/s1. The highest BCUT2D eigenvalue weighted by Crippen LogP contribution is 2.22. The molecule has 106 valence electrons. The molecule has 1 heterocycles. The lowest BCUT2D eigenvalue weighted by molar-refractivity contribution is -0.132. The van der Waals surface area contributed by atoms with Gasteiger partial charge in [0, 0.05) is 12.6 Å². The van der Waals surface area contributed by atoms with Crippen molar-refractivity contribution in [2.45, 2.75) is 71.6 Å². The van der Waals surface area contributed by atoms with E-state index in [0.29, 0.717) is 12.0 Å². The molecule has 3 N–H and O–H groups in total. The van der Waals surface area contributed by atoms with Crippen LogP contribution in [-0.4, -0.2) is 30.7 Å². The van der Waals surface area contributed by atoms with Crippen LogP contribution in [0.15, 0.2) is 0 Å². The van der Waals surface area contributed by atoms with Gasteiger partial charge >= 0.3 is 0 Å². The van der Waals surface area contributed by atoms with Crippen molar-refractivity contribution < 1.29 is 9.53 Å². The summed E-state index contributed by atoms with van der Waals surface area (Å²) >= 11 is 0. The van der Waals surface area contributed by atoms with Gasteiger partial charge in [0.25, 0.3) is 0 Å². The van der Waals surface area contributed by atoms with Crippen LogP contribution in [0.5, 0.6) is 0 Å². The molecule has 1 amide bonds. The zero-order valence-electron chi connectivity index (χ0n) is 12.2. The van der Waals surface area contributed by atoms with Gasteiger partial charge in [-0.2, -0.15) is 0 Å². The minimum absolute atomic E-state index is 0.0207. The molecule has 1 saturated heterocycles. The van der Waals surface area contributed by atoms with Gasteiger partial charge in [0.2, 0.25) is 5.91 Å². The largest absolute Gasteiger partial charge is 0.364 e. The molecule has 1 rings (SSSR count). The van der Waals surface area contributed by atoms with Gasteiger partial charge in [-0.05, 0) is 38.0 Å². The lowest BCUT2D eigenvalue weighted by Crippen LogP contribution is -2.40. The maximum Gasteiger partial charge on any atom is 0.249 e. The Bertz CT molecular complexity index is 273. The molecule has 0 radical (unpaired) electrons. The van der Waals surface area contributed by atoms with E-state index >= 15 is 0 Å². The van der Waals surface area contributed by atoms with Gasteiger partial charge in [-0.25, -0.2) is 0 Å². The molecule has 1 aliphatic heterocycles. The highest BCUT2D eigenvalue weighted by atomic mass is 16.5. The third kappa shape index (κ3) is 5.36. The molecule has 0 aromatic carbocycles. The van der Waals surface area contributed by atoms with Gasteiger partial charge in [-0.1, -0.05) is 20.8 Å². The average Bonchev–Trinajstić information content (AvgIpc) is 2.74. The number of hydrogen-bond acceptors (Lipinski definition) is 3. The molecular formula is C14H28N2O2. The minimum atomic E-state index is -0.296. The van der Waals surface area contributed by atoms with Gasteiger partial charge in [0.15, 0.2) is 0 Å². The number of carbonyl (C=O) groups excluding carboxylic acids is 1. The van der Waals surface area contributed by atoms with Gasteiger partial charge < -0.3 is 15.8 Å². The molecule has 0 spiro atoms. The van der Waals surface area contributed by atoms with E-state index in [1.807, 2.05) is 0 Å². The molecule has 0 aliphatic carbocycles. The third-order valence-electron chi connectivity index (χ3n) is 3.38. The fourth-order valence-corrected chi connectivity index (χ4v) is 2.13. The SMILES string of the molecule is CC(CCC(C)(C)C)NC(=O)[C@@H]1CC[C@H](CN)O1. The summed E-state index contributed by atoms with van der Waals surface area (Å²) in [4.78, 5) is 12.0. The molecule has 0 aromatic rings. The van der Waals surface area contributed by atoms with Crippen molar-refractivity contribution in [3.05, 3.63) is 0 Å². The van der Waals surface area contributed by atoms with E-state index in [2.05, 4.69) is 33.0 Å². The van der Waals surface area contributed by atoms with Gasteiger partial charge in [0.05, 0.1) is 6.10 Å².